The second kappa shape index (κ2) is 7.54. The molecule has 1 fully saturated rings. The second-order valence-electron chi connectivity index (χ2n) is 7.33. The van der Waals surface area contributed by atoms with Crippen LogP contribution in [0.2, 0.25) is 0 Å². The van der Waals surface area contributed by atoms with Gasteiger partial charge in [-0.1, -0.05) is 32.0 Å². The molecule has 1 N–H and O–H groups in total. The molecule has 6 nitrogen and oxygen atoms in total. The summed E-state index contributed by atoms with van der Waals surface area (Å²) < 4.78 is 10.7. The van der Waals surface area contributed by atoms with E-state index in [1.54, 1.807) is 17.0 Å². The smallest absolute Gasteiger partial charge is 0.231 e. The molecule has 1 saturated heterocycles. The van der Waals surface area contributed by atoms with E-state index in [2.05, 4.69) is 19.2 Å². The summed E-state index contributed by atoms with van der Waals surface area (Å²) in [5.74, 6) is 1.09. The maximum Gasteiger partial charge on any atom is 0.231 e. The highest BCUT2D eigenvalue weighted by Crippen LogP contribution is 2.37. The van der Waals surface area contributed by atoms with Gasteiger partial charge in [0.1, 0.15) is 0 Å². The van der Waals surface area contributed by atoms with Crippen molar-refractivity contribution in [3.8, 4) is 11.5 Å². The monoisotopic (exact) mass is 380 g/mol. The molecule has 2 aliphatic heterocycles. The van der Waals surface area contributed by atoms with Gasteiger partial charge >= 0.3 is 0 Å². The minimum Gasteiger partial charge on any atom is -0.454 e. The minimum atomic E-state index is -0.386. The van der Waals surface area contributed by atoms with Crippen LogP contribution in [-0.2, 0) is 9.59 Å². The molecule has 0 spiro atoms. The van der Waals surface area contributed by atoms with E-state index >= 15 is 0 Å². The topological polar surface area (TPSA) is 67.9 Å². The summed E-state index contributed by atoms with van der Waals surface area (Å²) in [7, 11) is 0. The van der Waals surface area contributed by atoms with Crippen LogP contribution in [0.15, 0.2) is 42.5 Å². The third-order valence-electron chi connectivity index (χ3n) is 5.53. The third-order valence-corrected chi connectivity index (χ3v) is 5.53. The fourth-order valence-electron chi connectivity index (χ4n) is 3.68. The van der Waals surface area contributed by atoms with Gasteiger partial charge in [0.25, 0.3) is 0 Å². The van der Waals surface area contributed by atoms with Crippen molar-refractivity contribution in [2.45, 2.75) is 32.6 Å². The molecule has 28 heavy (non-hydrogen) atoms. The Hall–Kier alpha value is -3.02. The minimum absolute atomic E-state index is 0.0609. The fraction of sp³-hybridized carbons (Fsp3) is 0.364. The predicted octanol–water partition coefficient (Wildman–Crippen LogP) is 3.92. The van der Waals surface area contributed by atoms with Gasteiger partial charge in [-0.25, -0.2) is 0 Å². The molecule has 2 heterocycles. The van der Waals surface area contributed by atoms with Crippen LogP contribution in [0.5, 0.6) is 11.5 Å². The summed E-state index contributed by atoms with van der Waals surface area (Å²) >= 11 is 0. The molecule has 2 atom stereocenters. The number of amides is 2. The third kappa shape index (κ3) is 3.42. The van der Waals surface area contributed by atoms with E-state index in [1.807, 2.05) is 30.3 Å². The van der Waals surface area contributed by atoms with Crippen molar-refractivity contribution in [1.82, 2.24) is 0 Å². The van der Waals surface area contributed by atoms with Gasteiger partial charge in [-0.3, -0.25) is 9.59 Å². The zero-order valence-corrected chi connectivity index (χ0v) is 16.1. The van der Waals surface area contributed by atoms with E-state index < -0.39 is 0 Å². The van der Waals surface area contributed by atoms with Gasteiger partial charge in [0.05, 0.1) is 5.92 Å². The Morgan fingerprint density at radius 1 is 1.21 bits per heavy atom. The SMILES string of the molecule is CCC(C)c1ccccc1NC(=O)C1CC(=O)N(c2ccc3c(c2)OCO3)C1. The predicted molar refractivity (Wildman–Crippen MR) is 107 cm³/mol. The first kappa shape index (κ1) is 18.3. The first-order chi connectivity index (χ1) is 13.6. The van der Waals surface area contributed by atoms with Crippen molar-refractivity contribution < 1.29 is 19.1 Å². The van der Waals surface area contributed by atoms with Crippen LogP contribution < -0.4 is 19.7 Å². The van der Waals surface area contributed by atoms with Crippen LogP contribution in [0.4, 0.5) is 11.4 Å². The number of hydrogen-bond donors (Lipinski definition) is 1. The van der Waals surface area contributed by atoms with Gasteiger partial charge in [-0.2, -0.15) is 0 Å². The number of nitrogens with one attached hydrogen (secondary N) is 1. The fourth-order valence-corrected chi connectivity index (χ4v) is 3.68. The Bertz CT molecular complexity index is 911. The Kier molecular flexibility index (Phi) is 4.94. The summed E-state index contributed by atoms with van der Waals surface area (Å²) in [6.45, 7) is 4.82. The number of para-hydroxylation sites is 1. The molecule has 2 aromatic carbocycles. The van der Waals surface area contributed by atoms with Crippen LogP contribution in [0.25, 0.3) is 0 Å². The quantitative estimate of drug-likeness (QED) is 0.854. The highest BCUT2D eigenvalue weighted by molar-refractivity contribution is 6.03. The van der Waals surface area contributed by atoms with Gasteiger partial charge in [-0.05, 0) is 36.1 Å². The standard InChI is InChI=1S/C22H24N2O4/c1-3-14(2)17-6-4-5-7-18(17)23-22(26)15-10-21(25)24(12-15)16-8-9-19-20(11-16)28-13-27-19/h4-9,11,14-15H,3,10,12-13H2,1-2H3,(H,23,26). The maximum absolute atomic E-state index is 12.9. The molecule has 0 saturated carbocycles. The van der Waals surface area contributed by atoms with Gasteiger partial charge in [0.15, 0.2) is 11.5 Å². The molecule has 2 aromatic rings. The second-order valence-corrected chi connectivity index (χ2v) is 7.33. The first-order valence-electron chi connectivity index (χ1n) is 9.66. The van der Waals surface area contributed by atoms with E-state index in [1.165, 1.54) is 0 Å². The van der Waals surface area contributed by atoms with Crippen LogP contribution in [0, 0.1) is 5.92 Å². The summed E-state index contributed by atoms with van der Waals surface area (Å²) in [6, 6.07) is 13.3. The van der Waals surface area contributed by atoms with Crippen LogP contribution in [0.3, 0.4) is 0 Å². The summed E-state index contributed by atoms with van der Waals surface area (Å²) in [5.41, 5.74) is 2.68. The van der Waals surface area contributed by atoms with Crippen molar-refractivity contribution in [3.05, 3.63) is 48.0 Å². The lowest BCUT2D eigenvalue weighted by Crippen LogP contribution is -2.28. The molecule has 2 aliphatic rings. The zero-order valence-electron chi connectivity index (χ0n) is 16.1. The number of ether oxygens (including phenoxy) is 2. The van der Waals surface area contributed by atoms with E-state index in [4.69, 9.17) is 9.47 Å². The van der Waals surface area contributed by atoms with Crippen LogP contribution in [0.1, 0.15) is 38.2 Å². The maximum atomic E-state index is 12.9. The molecule has 4 rings (SSSR count). The highest BCUT2D eigenvalue weighted by Gasteiger charge is 2.36. The summed E-state index contributed by atoms with van der Waals surface area (Å²) in [6.07, 6.45) is 1.19. The molecule has 2 amide bonds. The Morgan fingerprint density at radius 3 is 2.82 bits per heavy atom. The number of benzene rings is 2. The number of anilines is 2. The number of fused-ring (bicyclic) bond motifs is 1. The van der Waals surface area contributed by atoms with E-state index in [0.717, 1.165) is 23.4 Å². The molecule has 0 radical (unpaired) electrons. The van der Waals surface area contributed by atoms with Crippen molar-refractivity contribution in [2.24, 2.45) is 5.92 Å². The van der Waals surface area contributed by atoms with E-state index in [-0.39, 0.29) is 30.9 Å². The Labute approximate surface area is 164 Å². The van der Waals surface area contributed by atoms with E-state index in [0.29, 0.717) is 24.0 Å². The molecular weight excluding hydrogens is 356 g/mol. The molecular formula is C22H24N2O4. The molecule has 0 bridgehead atoms. The van der Waals surface area contributed by atoms with Crippen LogP contribution in [-0.4, -0.2) is 25.2 Å². The van der Waals surface area contributed by atoms with Gasteiger partial charge in [0, 0.05) is 30.4 Å². The lowest BCUT2D eigenvalue weighted by Gasteiger charge is -2.19. The van der Waals surface area contributed by atoms with Crippen LogP contribution >= 0.6 is 0 Å². The average molecular weight is 380 g/mol. The number of nitrogens with zero attached hydrogens (tertiary/aromatic N) is 1. The highest BCUT2D eigenvalue weighted by atomic mass is 16.7. The number of carbonyl (C=O) groups excluding carboxylic acids is 2. The molecule has 146 valence electrons. The van der Waals surface area contributed by atoms with Crippen molar-refractivity contribution in [1.29, 1.82) is 0 Å². The van der Waals surface area contributed by atoms with Crippen molar-refractivity contribution >= 4 is 23.2 Å². The van der Waals surface area contributed by atoms with E-state index in [9.17, 15) is 9.59 Å². The normalized spacial score (nSPS) is 19.0. The number of rotatable bonds is 5. The first-order valence-corrected chi connectivity index (χ1v) is 9.66. The number of carbonyl (C=O) groups is 2. The molecule has 2 unspecified atom stereocenters. The van der Waals surface area contributed by atoms with Gasteiger partial charge < -0.3 is 19.7 Å². The molecule has 0 aromatic heterocycles. The number of hydrogen-bond acceptors (Lipinski definition) is 4. The largest absolute Gasteiger partial charge is 0.454 e. The molecule has 6 heteroatoms. The van der Waals surface area contributed by atoms with Crippen molar-refractivity contribution in [3.63, 3.8) is 0 Å². The summed E-state index contributed by atoms with van der Waals surface area (Å²) in [5, 5.41) is 3.04. The lowest BCUT2D eigenvalue weighted by molar-refractivity contribution is -0.122. The lowest BCUT2D eigenvalue weighted by atomic mass is 9.96. The summed E-state index contributed by atoms with van der Waals surface area (Å²) in [4.78, 5) is 27.0. The Morgan fingerprint density at radius 2 is 2.00 bits per heavy atom. The zero-order chi connectivity index (χ0) is 19.7. The molecule has 0 aliphatic carbocycles. The van der Waals surface area contributed by atoms with Gasteiger partial charge in [0.2, 0.25) is 18.6 Å². The van der Waals surface area contributed by atoms with Crippen molar-refractivity contribution in [2.75, 3.05) is 23.6 Å². The Balaban J connectivity index is 1.48. The van der Waals surface area contributed by atoms with Gasteiger partial charge in [-0.15, -0.1) is 0 Å². The average Bonchev–Trinajstić information content (AvgIpc) is 3.33.